The summed E-state index contributed by atoms with van der Waals surface area (Å²) in [7, 11) is 2.17. The van der Waals surface area contributed by atoms with Crippen molar-refractivity contribution in [1.82, 2.24) is 4.90 Å². The highest BCUT2D eigenvalue weighted by atomic mass is 35.5. The number of hydrogen-bond donors (Lipinski definition) is 1. The highest BCUT2D eigenvalue weighted by Gasteiger charge is 2.27. The van der Waals surface area contributed by atoms with Crippen molar-refractivity contribution in [2.24, 2.45) is 5.73 Å². The van der Waals surface area contributed by atoms with E-state index in [1.807, 2.05) is 12.1 Å². The largest absolute Gasteiger partial charge is 0.329 e. The van der Waals surface area contributed by atoms with E-state index in [0.29, 0.717) is 6.54 Å². The first-order valence-corrected chi connectivity index (χ1v) is 8.55. The minimum absolute atomic E-state index is 0.0752. The van der Waals surface area contributed by atoms with Gasteiger partial charge >= 0.3 is 0 Å². The lowest BCUT2D eigenvalue weighted by Crippen LogP contribution is -2.49. The van der Waals surface area contributed by atoms with Crippen LogP contribution in [0.15, 0.2) is 24.3 Å². The number of unbranched alkanes of at least 4 members (excludes halogenated alkanes) is 4. The third kappa shape index (κ3) is 6.37. The van der Waals surface area contributed by atoms with Gasteiger partial charge in [-0.2, -0.15) is 0 Å². The molecule has 1 aromatic rings. The zero-order valence-corrected chi connectivity index (χ0v) is 14.6. The van der Waals surface area contributed by atoms with E-state index in [4.69, 9.17) is 17.3 Å². The van der Waals surface area contributed by atoms with Gasteiger partial charge in [0, 0.05) is 23.7 Å². The van der Waals surface area contributed by atoms with Crippen LogP contribution in [0.1, 0.15) is 57.9 Å². The third-order valence-corrected chi connectivity index (χ3v) is 4.77. The lowest BCUT2D eigenvalue weighted by Gasteiger charge is -2.38. The molecule has 21 heavy (non-hydrogen) atoms. The van der Waals surface area contributed by atoms with Gasteiger partial charge in [-0.3, -0.25) is 4.90 Å². The number of benzene rings is 1. The zero-order chi connectivity index (χ0) is 15.7. The lowest BCUT2D eigenvalue weighted by atomic mass is 9.92. The first kappa shape index (κ1) is 18.5. The average Bonchev–Trinajstić information content (AvgIpc) is 2.49. The Kier molecular flexibility index (Phi) is 8.31. The van der Waals surface area contributed by atoms with Gasteiger partial charge in [0.2, 0.25) is 0 Å². The van der Waals surface area contributed by atoms with Crippen molar-refractivity contribution in [3.8, 4) is 0 Å². The number of nitrogens with zero attached hydrogens (tertiary/aromatic N) is 1. The zero-order valence-electron chi connectivity index (χ0n) is 13.9. The summed E-state index contributed by atoms with van der Waals surface area (Å²) in [4.78, 5) is 2.38. The average molecular weight is 311 g/mol. The smallest absolute Gasteiger partial charge is 0.0406 e. The standard InChI is InChI=1S/C18H31ClN2/c1-4-5-6-7-8-13-18(2,15-20)21(3)14-16-9-11-17(19)12-10-16/h9-12H,4-8,13-15,20H2,1-3H3. The summed E-state index contributed by atoms with van der Waals surface area (Å²) in [5.74, 6) is 0. The quantitative estimate of drug-likeness (QED) is 0.626. The maximum Gasteiger partial charge on any atom is 0.0406 e. The number of rotatable bonds is 10. The van der Waals surface area contributed by atoms with E-state index in [-0.39, 0.29) is 5.54 Å². The number of hydrogen-bond acceptors (Lipinski definition) is 2. The minimum Gasteiger partial charge on any atom is -0.329 e. The summed E-state index contributed by atoms with van der Waals surface area (Å²) in [5, 5.41) is 0.791. The predicted octanol–water partition coefficient (Wildman–Crippen LogP) is 4.85. The summed E-state index contributed by atoms with van der Waals surface area (Å²) in [6.45, 7) is 6.15. The van der Waals surface area contributed by atoms with Gasteiger partial charge in [0.25, 0.3) is 0 Å². The maximum absolute atomic E-state index is 6.06. The molecular formula is C18H31ClN2. The SMILES string of the molecule is CCCCCCCC(C)(CN)N(C)Cc1ccc(Cl)cc1. The molecule has 0 fully saturated rings. The van der Waals surface area contributed by atoms with E-state index < -0.39 is 0 Å². The van der Waals surface area contributed by atoms with Crippen LogP contribution in [0.4, 0.5) is 0 Å². The Balaban J connectivity index is 2.49. The molecule has 2 nitrogen and oxygen atoms in total. The second-order valence-electron chi connectivity index (χ2n) is 6.35. The summed E-state index contributed by atoms with van der Waals surface area (Å²) in [6, 6.07) is 8.10. The Hall–Kier alpha value is -0.570. The third-order valence-electron chi connectivity index (χ3n) is 4.51. The molecule has 3 heteroatoms. The Morgan fingerprint density at radius 3 is 2.29 bits per heavy atom. The van der Waals surface area contributed by atoms with Gasteiger partial charge in [-0.1, -0.05) is 62.8 Å². The van der Waals surface area contributed by atoms with Crippen LogP contribution in [0.25, 0.3) is 0 Å². The van der Waals surface area contributed by atoms with E-state index in [0.717, 1.165) is 18.0 Å². The van der Waals surface area contributed by atoms with Gasteiger partial charge in [0.15, 0.2) is 0 Å². The fraction of sp³-hybridized carbons (Fsp3) is 0.667. The Bertz CT molecular complexity index is 391. The first-order chi connectivity index (χ1) is 10.0. The molecule has 0 aliphatic rings. The highest BCUT2D eigenvalue weighted by molar-refractivity contribution is 6.30. The second-order valence-corrected chi connectivity index (χ2v) is 6.78. The predicted molar refractivity (Wildman–Crippen MR) is 93.8 cm³/mol. The molecule has 1 atom stereocenters. The molecule has 1 unspecified atom stereocenters. The maximum atomic E-state index is 6.06. The fourth-order valence-electron chi connectivity index (χ4n) is 2.61. The van der Waals surface area contributed by atoms with Crippen LogP contribution >= 0.6 is 11.6 Å². The molecule has 0 saturated heterocycles. The van der Waals surface area contributed by atoms with E-state index >= 15 is 0 Å². The van der Waals surface area contributed by atoms with Gasteiger partial charge in [-0.25, -0.2) is 0 Å². The van der Waals surface area contributed by atoms with Gasteiger partial charge in [0.1, 0.15) is 0 Å². The molecule has 1 rings (SSSR count). The summed E-state index contributed by atoms with van der Waals surface area (Å²) < 4.78 is 0. The highest BCUT2D eigenvalue weighted by Crippen LogP contribution is 2.23. The number of likely N-dealkylation sites (N-methyl/N-ethyl adjacent to an activating group) is 1. The monoisotopic (exact) mass is 310 g/mol. The van der Waals surface area contributed by atoms with E-state index in [1.54, 1.807) is 0 Å². The summed E-state index contributed by atoms with van der Waals surface area (Å²) in [6.07, 6.45) is 7.73. The molecule has 0 spiro atoms. The van der Waals surface area contributed by atoms with Crippen LogP contribution in [0.2, 0.25) is 5.02 Å². The molecule has 120 valence electrons. The van der Waals surface area contributed by atoms with Crippen LogP contribution < -0.4 is 5.73 Å². The molecule has 0 heterocycles. The molecule has 0 bridgehead atoms. The van der Waals surface area contributed by atoms with Crippen molar-refractivity contribution in [2.45, 2.75) is 64.5 Å². The molecule has 0 saturated carbocycles. The van der Waals surface area contributed by atoms with Crippen molar-refractivity contribution in [3.63, 3.8) is 0 Å². The molecule has 0 aromatic heterocycles. The van der Waals surface area contributed by atoms with Crippen LogP contribution in [0.5, 0.6) is 0 Å². The van der Waals surface area contributed by atoms with Crippen LogP contribution in [-0.2, 0) is 6.54 Å². The van der Waals surface area contributed by atoms with Crippen molar-refractivity contribution in [1.29, 1.82) is 0 Å². The van der Waals surface area contributed by atoms with Crippen LogP contribution in [0, 0.1) is 0 Å². The van der Waals surface area contributed by atoms with Crippen molar-refractivity contribution >= 4 is 11.6 Å². The Morgan fingerprint density at radius 1 is 1.10 bits per heavy atom. The molecule has 0 amide bonds. The minimum atomic E-state index is 0.0752. The van der Waals surface area contributed by atoms with Crippen molar-refractivity contribution in [3.05, 3.63) is 34.9 Å². The van der Waals surface area contributed by atoms with Gasteiger partial charge in [-0.05, 0) is 38.1 Å². The number of halogens is 1. The van der Waals surface area contributed by atoms with Crippen molar-refractivity contribution < 1.29 is 0 Å². The molecule has 0 aliphatic heterocycles. The van der Waals surface area contributed by atoms with Crippen molar-refractivity contribution in [2.75, 3.05) is 13.6 Å². The van der Waals surface area contributed by atoms with E-state index in [1.165, 1.54) is 37.7 Å². The van der Waals surface area contributed by atoms with E-state index in [2.05, 4.69) is 37.9 Å². The fourth-order valence-corrected chi connectivity index (χ4v) is 2.74. The molecule has 2 N–H and O–H groups in total. The molecular weight excluding hydrogens is 280 g/mol. The van der Waals surface area contributed by atoms with Gasteiger partial charge in [0.05, 0.1) is 0 Å². The van der Waals surface area contributed by atoms with Crippen LogP contribution in [0.3, 0.4) is 0 Å². The molecule has 0 radical (unpaired) electrons. The van der Waals surface area contributed by atoms with Gasteiger partial charge < -0.3 is 5.73 Å². The van der Waals surface area contributed by atoms with Crippen LogP contribution in [-0.4, -0.2) is 24.0 Å². The second kappa shape index (κ2) is 9.45. The molecule has 0 aliphatic carbocycles. The first-order valence-electron chi connectivity index (χ1n) is 8.17. The normalized spacial score (nSPS) is 14.4. The Labute approximate surface area is 135 Å². The summed E-state index contributed by atoms with van der Waals surface area (Å²) >= 11 is 5.94. The summed E-state index contributed by atoms with van der Waals surface area (Å²) in [5.41, 5.74) is 7.42. The topological polar surface area (TPSA) is 29.3 Å². The number of nitrogens with two attached hydrogens (primary N) is 1. The Morgan fingerprint density at radius 2 is 1.71 bits per heavy atom. The van der Waals surface area contributed by atoms with Gasteiger partial charge in [-0.15, -0.1) is 0 Å². The lowest BCUT2D eigenvalue weighted by molar-refractivity contribution is 0.122. The molecule has 1 aromatic carbocycles. The van der Waals surface area contributed by atoms with E-state index in [9.17, 15) is 0 Å².